The topological polar surface area (TPSA) is 46.6 Å². The first-order valence-electron chi connectivity index (χ1n) is 5.17. The van der Waals surface area contributed by atoms with E-state index in [0.29, 0.717) is 13.2 Å². The van der Waals surface area contributed by atoms with Gasteiger partial charge in [0.25, 0.3) is 0 Å². The van der Waals surface area contributed by atoms with Gasteiger partial charge in [0.05, 0.1) is 6.61 Å². The normalized spacial score (nSPS) is 20.9. The van der Waals surface area contributed by atoms with Gasteiger partial charge in [0.2, 0.25) is 6.41 Å². The quantitative estimate of drug-likeness (QED) is 0.376. The van der Waals surface area contributed by atoms with E-state index in [1.54, 1.807) is 0 Å². The van der Waals surface area contributed by atoms with E-state index in [9.17, 15) is 9.59 Å². The second-order valence-electron chi connectivity index (χ2n) is 3.52. The van der Waals surface area contributed by atoms with Crippen molar-refractivity contribution in [2.75, 3.05) is 13.2 Å². The summed E-state index contributed by atoms with van der Waals surface area (Å²) in [5, 5.41) is 0. The molecule has 1 heterocycles. The third-order valence-corrected chi connectivity index (χ3v) is 2.44. The lowest BCUT2D eigenvalue weighted by Crippen LogP contribution is -2.36. The van der Waals surface area contributed by atoms with Crippen molar-refractivity contribution in [1.29, 1.82) is 0 Å². The maximum absolute atomic E-state index is 11.5. The molecule has 4 nitrogen and oxygen atoms in total. The number of esters is 1. The Morgan fingerprint density at radius 1 is 1.64 bits per heavy atom. The fourth-order valence-corrected chi connectivity index (χ4v) is 1.58. The zero-order valence-electron chi connectivity index (χ0n) is 8.57. The summed E-state index contributed by atoms with van der Waals surface area (Å²) in [6.45, 7) is 3.19. The van der Waals surface area contributed by atoms with E-state index >= 15 is 0 Å². The standard InChI is InChI=1S/C10H17NO3/c1-2-3-7-14-10(13)9-5-4-6-11(9)8-12/h8-9H,2-7H2,1H3. The molecule has 1 fully saturated rings. The zero-order valence-corrected chi connectivity index (χ0v) is 8.57. The number of carbonyl (C=O) groups excluding carboxylic acids is 2. The lowest BCUT2D eigenvalue weighted by atomic mass is 10.2. The summed E-state index contributed by atoms with van der Waals surface area (Å²) < 4.78 is 5.06. The molecule has 1 unspecified atom stereocenters. The average Bonchev–Trinajstić information content (AvgIpc) is 2.65. The van der Waals surface area contributed by atoms with Gasteiger partial charge in [-0.1, -0.05) is 13.3 Å². The third-order valence-electron chi connectivity index (χ3n) is 2.44. The lowest BCUT2D eigenvalue weighted by molar-refractivity contribution is -0.150. The predicted octanol–water partition coefficient (Wildman–Crippen LogP) is 0.951. The average molecular weight is 199 g/mol. The van der Waals surface area contributed by atoms with Gasteiger partial charge in [0.15, 0.2) is 0 Å². The SMILES string of the molecule is CCCCOC(=O)C1CCCN1C=O. The molecule has 1 aliphatic rings. The van der Waals surface area contributed by atoms with Gasteiger partial charge in [-0.05, 0) is 19.3 Å². The Morgan fingerprint density at radius 3 is 3.07 bits per heavy atom. The first kappa shape index (κ1) is 11.0. The van der Waals surface area contributed by atoms with Crippen molar-refractivity contribution in [3.63, 3.8) is 0 Å². The van der Waals surface area contributed by atoms with Crippen LogP contribution in [0.1, 0.15) is 32.6 Å². The molecule has 0 N–H and O–H groups in total. The predicted molar refractivity (Wildman–Crippen MR) is 51.7 cm³/mol. The number of amides is 1. The van der Waals surface area contributed by atoms with E-state index in [-0.39, 0.29) is 12.0 Å². The van der Waals surface area contributed by atoms with Gasteiger partial charge < -0.3 is 9.64 Å². The van der Waals surface area contributed by atoms with Gasteiger partial charge in [0.1, 0.15) is 6.04 Å². The Kier molecular flexibility index (Phi) is 4.43. The van der Waals surface area contributed by atoms with Crippen LogP contribution in [0, 0.1) is 0 Å². The van der Waals surface area contributed by atoms with Crippen molar-refractivity contribution in [2.24, 2.45) is 0 Å². The highest BCUT2D eigenvalue weighted by Gasteiger charge is 2.30. The highest BCUT2D eigenvalue weighted by molar-refractivity contribution is 5.78. The summed E-state index contributed by atoms with van der Waals surface area (Å²) >= 11 is 0. The summed E-state index contributed by atoms with van der Waals surface area (Å²) in [6.07, 6.45) is 4.27. The van der Waals surface area contributed by atoms with Crippen LogP contribution in [0.4, 0.5) is 0 Å². The first-order valence-corrected chi connectivity index (χ1v) is 5.17. The van der Waals surface area contributed by atoms with E-state index in [4.69, 9.17) is 4.74 Å². The summed E-state index contributed by atoms with van der Waals surface area (Å²) in [6, 6.07) is -0.329. The Hall–Kier alpha value is -1.06. The second kappa shape index (κ2) is 5.62. The molecule has 0 aromatic carbocycles. The van der Waals surface area contributed by atoms with E-state index < -0.39 is 0 Å². The van der Waals surface area contributed by atoms with Crippen molar-refractivity contribution in [2.45, 2.75) is 38.6 Å². The van der Waals surface area contributed by atoms with E-state index in [0.717, 1.165) is 32.1 Å². The van der Waals surface area contributed by atoms with Crippen molar-refractivity contribution >= 4 is 12.4 Å². The van der Waals surface area contributed by atoms with E-state index in [1.807, 2.05) is 6.92 Å². The van der Waals surface area contributed by atoms with Crippen molar-refractivity contribution in [3.05, 3.63) is 0 Å². The maximum Gasteiger partial charge on any atom is 0.328 e. The summed E-state index contributed by atoms with van der Waals surface area (Å²) in [5.41, 5.74) is 0. The molecule has 0 saturated carbocycles. The molecule has 0 aromatic heterocycles. The van der Waals surface area contributed by atoms with E-state index in [2.05, 4.69) is 0 Å². The Balaban J connectivity index is 2.32. The van der Waals surface area contributed by atoms with Gasteiger partial charge >= 0.3 is 5.97 Å². The number of ether oxygens (including phenoxy) is 1. The van der Waals surface area contributed by atoms with Gasteiger partial charge in [-0.15, -0.1) is 0 Å². The number of rotatable bonds is 5. The highest BCUT2D eigenvalue weighted by Crippen LogP contribution is 2.16. The monoisotopic (exact) mass is 199 g/mol. The number of unbranched alkanes of at least 4 members (excludes halogenated alkanes) is 1. The Labute approximate surface area is 84.2 Å². The fourth-order valence-electron chi connectivity index (χ4n) is 1.58. The fraction of sp³-hybridized carbons (Fsp3) is 0.800. The van der Waals surface area contributed by atoms with Gasteiger partial charge in [-0.3, -0.25) is 4.79 Å². The molecule has 80 valence electrons. The van der Waals surface area contributed by atoms with Crippen LogP contribution in [-0.4, -0.2) is 36.5 Å². The summed E-state index contributed by atoms with van der Waals surface area (Å²) in [5.74, 6) is -0.247. The van der Waals surface area contributed by atoms with Crippen LogP contribution in [0.15, 0.2) is 0 Å². The minimum Gasteiger partial charge on any atom is -0.464 e. The van der Waals surface area contributed by atoms with Gasteiger partial charge in [-0.2, -0.15) is 0 Å². The van der Waals surface area contributed by atoms with Crippen LogP contribution < -0.4 is 0 Å². The van der Waals surface area contributed by atoms with Crippen LogP contribution in [0.3, 0.4) is 0 Å². The maximum atomic E-state index is 11.5. The molecule has 0 bridgehead atoms. The summed E-state index contributed by atoms with van der Waals surface area (Å²) in [7, 11) is 0. The van der Waals surface area contributed by atoms with Gasteiger partial charge in [0, 0.05) is 6.54 Å². The number of carbonyl (C=O) groups is 2. The molecule has 1 amide bonds. The lowest BCUT2D eigenvalue weighted by Gasteiger charge is -2.17. The molecule has 1 aliphatic heterocycles. The Bertz CT molecular complexity index is 206. The molecule has 0 aliphatic carbocycles. The number of nitrogens with zero attached hydrogens (tertiary/aromatic N) is 1. The van der Waals surface area contributed by atoms with Crippen LogP contribution >= 0.6 is 0 Å². The molecule has 0 aromatic rings. The molecule has 1 saturated heterocycles. The molecule has 0 spiro atoms. The van der Waals surface area contributed by atoms with Gasteiger partial charge in [-0.25, -0.2) is 4.79 Å². The molecular weight excluding hydrogens is 182 g/mol. The van der Waals surface area contributed by atoms with Crippen molar-refractivity contribution in [1.82, 2.24) is 4.90 Å². The molecule has 0 radical (unpaired) electrons. The molecule has 4 heteroatoms. The van der Waals surface area contributed by atoms with Crippen molar-refractivity contribution in [3.8, 4) is 0 Å². The van der Waals surface area contributed by atoms with Crippen molar-refractivity contribution < 1.29 is 14.3 Å². The minimum atomic E-state index is -0.329. The molecule has 1 atom stereocenters. The zero-order chi connectivity index (χ0) is 10.4. The summed E-state index contributed by atoms with van der Waals surface area (Å²) in [4.78, 5) is 23.6. The Morgan fingerprint density at radius 2 is 2.43 bits per heavy atom. The van der Waals surface area contributed by atoms with Crippen LogP contribution in [0.25, 0.3) is 0 Å². The van der Waals surface area contributed by atoms with E-state index in [1.165, 1.54) is 4.90 Å². The van der Waals surface area contributed by atoms with Crippen LogP contribution in [-0.2, 0) is 14.3 Å². The minimum absolute atomic E-state index is 0.247. The van der Waals surface area contributed by atoms with Crippen LogP contribution in [0.5, 0.6) is 0 Å². The smallest absolute Gasteiger partial charge is 0.328 e. The molecular formula is C10H17NO3. The first-order chi connectivity index (χ1) is 6.79. The number of hydrogen-bond acceptors (Lipinski definition) is 3. The third kappa shape index (κ3) is 2.72. The van der Waals surface area contributed by atoms with Crippen LogP contribution in [0.2, 0.25) is 0 Å². The molecule has 1 rings (SSSR count). The molecule has 14 heavy (non-hydrogen) atoms. The largest absolute Gasteiger partial charge is 0.464 e. The number of likely N-dealkylation sites (tertiary alicyclic amines) is 1. The second-order valence-corrected chi connectivity index (χ2v) is 3.52. The highest BCUT2D eigenvalue weighted by atomic mass is 16.5. The number of hydrogen-bond donors (Lipinski definition) is 0.